The van der Waals surface area contributed by atoms with Crippen molar-refractivity contribution in [2.45, 2.75) is 20.3 Å². The van der Waals surface area contributed by atoms with E-state index in [1.165, 1.54) is 0 Å². The summed E-state index contributed by atoms with van der Waals surface area (Å²) in [5.74, 6) is 0.652. The molecule has 1 aromatic carbocycles. The van der Waals surface area contributed by atoms with Crippen molar-refractivity contribution in [3.8, 4) is 11.4 Å². The van der Waals surface area contributed by atoms with Gasteiger partial charge in [0.15, 0.2) is 0 Å². The molecule has 0 radical (unpaired) electrons. The van der Waals surface area contributed by atoms with E-state index < -0.39 is 0 Å². The van der Waals surface area contributed by atoms with Crippen molar-refractivity contribution in [1.82, 2.24) is 15.0 Å². The topological polar surface area (TPSA) is 61.9 Å². The van der Waals surface area contributed by atoms with Crippen LogP contribution in [0, 0.1) is 13.8 Å². The SMILES string of the molecule is Cc1cccc(-c2nc(C(=O)N3CCc4ccncc43)c(C)[nH]2)c1. The quantitative estimate of drug-likeness (QED) is 0.788. The van der Waals surface area contributed by atoms with Crippen LogP contribution < -0.4 is 4.90 Å². The summed E-state index contributed by atoms with van der Waals surface area (Å²) in [7, 11) is 0. The van der Waals surface area contributed by atoms with Crippen molar-refractivity contribution in [2.24, 2.45) is 0 Å². The number of aryl methyl sites for hydroxylation is 2. The fraction of sp³-hybridized carbons (Fsp3) is 0.211. The molecule has 1 N–H and O–H groups in total. The molecule has 5 nitrogen and oxygen atoms in total. The zero-order valence-electron chi connectivity index (χ0n) is 13.7. The number of carbonyl (C=O) groups excluding carboxylic acids is 1. The standard InChI is InChI=1S/C19H18N4O/c1-12-4-3-5-15(10-12)18-21-13(2)17(22-18)19(24)23-9-7-14-6-8-20-11-16(14)23/h3-6,8,10-11H,7,9H2,1-2H3,(H,21,22). The van der Waals surface area contributed by atoms with E-state index >= 15 is 0 Å². The van der Waals surface area contributed by atoms with Crippen LogP contribution in [0.4, 0.5) is 5.69 Å². The lowest BCUT2D eigenvalue weighted by molar-refractivity contribution is 0.0984. The number of amides is 1. The molecule has 0 bridgehead atoms. The van der Waals surface area contributed by atoms with Crippen molar-refractivity contribution in [3.63, 3.8) is 0 Å². The second-order valence-electron chi connectivity index (χ2n) is 6.14. The zero-order chi connectivity index (χ0) is 16.7. The number of hydrogen-bond acceptors (Lipinski definition) is 3. The molecule has 1 amide bonds. The summed E-state index contributed by atoms with van der Waals surface area (Å²) in [6.45, 7) is 4.60. The normalized spacial score (nSPS) is 13.2. The summed E-state index contributed by atoms with van der Waals surface area (Å²) < 4.78 is 0. The Kier molecular flexibility index (Phi) is 3.41. The average molecular weight is 318 g/mol. The first-order chi connectivity index (χ1) is 11.6. The molecule has 0 fully saturated rings. The predicted octanol–water partition coefficient (Wildman–Crippen LogP) is 3.29. The largest absolute Gasteiger partial charge is 0.341 e. The summed E-state index contributed by atoms with van der Waals surface area (Å²) in [6.07, 6.45) is 4.38. The third kappa shape index (κ3) is 2.38. The Labute approximate surface area is 140 Å². The van der Waals surface area contributed by atoms with E-state index in [9.17, 15) is 4.79 Å². The Balaban J connectivity index is 1.69. The number of rotatable bonds is 2. The van der Waals surface area contributed by atoms with E-state index in [1.807, 2.05) is 38.1 Å². The van der Waals surface area contributed by atoms with Crippen molar-refractivity contribution in [1.29, 1.82) is 0 Å². The van der Waals surface area contributed by atoms with Crippen LogP contribution in [-0.4, -0.2) is 27.4 Å². The van der Waals surface area contributed by atoms with Gasteiger partial charge in [0.2, 0.25) is 0 Å². The lowest BCUT2D eigenvalue weighted by atomic mass is 10.1. The summed E-state index contributed by atoms with van der Waals surface area (Å²) in [5, 5.41) is 0. The van der Waals surface area contributed by atoms with Gasteiger partial charge in [0.05, 0.1) is 11.9 Å². The van der Waals surface area contributed by atoms with Gasteiger partial charge in [-0.3, -0.25) is 9.78 Å². The van der Waals surface area contributed by atoms with Crippen LogP contribution in [0.15, 0.2) is 42.7 Å². The van der Waals surface area contributed by atoms with Gasteiger partial charge in [-0.25, -0.2) is 4.98 Å². The minimum absolute atomic E-state index is 0.0746. The van der Waals surface area contributed by atoms with E-state index in [4.69, 9.17) is 0 Å². The van der Waals surface area contributed by atoms with Crippen molar-refractivity contribution in [3.05, 3.63) is 65.2 Å². The molecule has 1 aliphatic rings. The average Bonchev–Trinajstić information content (AvgIpc) is 3.18. The van der Waals surface area contributed by atoms with E-state index in [1.54, 1.807) is 17.3 Å². The van der Waals surface area contributed by atoms with E-state index in [2.05, 4.69) is 21.0 Å². The zero-order valence-corrected chi connectivity index (χ0v) is 13.7. The fourth-order valence-corrected chi connectivity index (χ4v) is 3.16. The van der Waals surface area contributed by atoms with E-state index in [-0.39, 0.29) is 5.91 Å². The minimum atomic E-state index is -0.0746. The number of H-pyrrole nitrogens is 1. The van der Waals surface area contributed by atoms with E-state index in [0.717, 1.165) is 40.3 Å². The van der Waals surface area contributed by atoms with Gasteiger partial charge in [-0.2, -0.15) is 0 Å². The molecule has 0 atom stereocenters. The van der Waals surface area contributed by atoms with Gasteiger partial charge in [0.1, 0.15) is 11.5 Å². The third-order valence-electron chi connectivity index (χ3n) is 4.41. The van der Waals surface area contributed by atoms with Gasteiger partial charge in [-0.15, -0.1) is 0 Å². The van der Waals surface area contributed by atoms with Crippen molar-refractivity contribution in [2.75, 3.05) is 11.4 Å². The number of nitrogens with zero attached hydrogens (tertiary/aromatic N) is 3. The van der Waals surface area contributed by atoms with Crippen molar-refractivity contribution < 1.29 is 4.79 Å². The summed E-state index contributed by atoms with van der Waals surface area (Å²) in [4.78, 5) is 26.7. The predicted molar refractivity (Wildman–Crippen MR) is 93.1 cm³/mol. The Morgan fingerprint density at radius 2 is 2.12 bits per heavy atom. The molecule has 3 heterocycles. The van der Waals surface area contributed by atoms with Gasteiger partial charge < -0.3 is 9.88 Å². The highest BCUT2D eigenvalue weighted by Crippen LogP contribution is 2.29. The lowest BCUT2D eigenvalue weighted by Crippen LogP contribution is -2.29. The number of nitrogens with one attached hydrogen (secondary N) is 1. The maximum Gasteiger partial charge on any atom is 0.278 e. The Morgan fingerprint density at radius 1 is 1.25 bits per heavy atom. The van der Waals surface area contributed by atoms with Gasteiger partial charge in [-0.05, 0) is 38.0 Å². The van der Waals surface area contributed by atoms with Crippen LogP contribution in [0.25, 0.3) is 11.4 Å². The second kappa shape index (κ2) is 5.60. The maximum absolute atomic E-state index is 13.0. The molecule has 4 rings (SSSR count). The second-order valence-corrected chi connectivity index (χ2v) is 6.14. The molecular formula is C19H18N4O. The van der Waals surface area contributed by atoms with Gasteiger partial charge >= 0.3 is 0 Å². The van der Waals surface area contributed by atoms with Crippen LogP contribution >= 0.6 is 0 Å². The molecule has 120 valence electrons. The summed E-state index contributed by atoms with van der Waals surface area (Å²) >= 11 is 0. The number of anilines is 1. The Morgan fingerprint density at radius 3 is 2.96 bits per heavy atom. The Bertz CT molecular complexity index is 929. The smallest absolute Gasteiger partial charge is 0.278 e. The van der Waals surface area contributed by atoms with Crippen molar-refractivity contribution >= 4 is 11.6 Å². The number of pyridine rings is 1. The highest BCUT2D eigenvalue weighted by molar-refractivity contribution is 6.07. The van der Waals surface area contributed by atoms with Crippen LogP contribution in [0.3, 0.4) is 0 Å². The van der Waals surface area contributed by atoms with Crippen LogP contribution in [-0.2, 0) is 6.42 Å². The maximum atomic E-state index is 13.0. The molecule has 5 heteroatoms. The fourth-order valence-electron chi connectivity index (χ4n) is 3.16. The molecule has 0 saturated carbocycles. The molecule has 0 saturated heterocycles. The first-order valence-electron chi connectivity index (χ1n) is 8.02. The molecule has 0 aliphatic carbocycles. The highest BCUT2D eigenvalue weighted by Gasteiger charge is 2.28. The highest BCUT2D eigenvalue weighted by atomic mass is 16.2. The van der Waals surface area contributed by atoms with Gasteiger partial charge in [0.25, 0.3) is 5.91 Å². The molecular weight excluding hydrogens is 300 g/mol. The molecule has 0 unspecified atom stereocenters. The summed E-state index contributed by atoms with van der Waals surface area (Å²) in [5.41, 5.74) is 5.46. The number of hydrogen-bond donors (Lipinski definition) is 1. The molecule has 3 aromatic rings. The monoisotopic (exact) mass is 318 g/mol. The van der Waals surface area contributed by atoms with E-state index in [0.29, 0.717) is 12.2 Å². The number of aromatic nitrogens is 3. The van der Waals surface area contributed by atoms with Gasteiger partial charge in [-0.1, -0.05) is 23.8 Å². The third-order valence-corrected chi connectivity index (χ3v) is 4.41. The number of aromatic amines is 1. The van der Waals surface area contributed by atoms with Crippen LogP contribution in [0.2, 0.25) is 0 Å². The molecule has 2 aromatic heterocycles. The van der Waals surface area contributed by atoms with Crippen LogP contribution in [0.5, 0.6) is 0 Å². The molecule has 1 aliphatic heterocycles. The first kappa shape index (κ1) is 14.6. The number of carbonyl (C=O) groups is 1. The first-order valence-corrected chi connectivity index (χ1v) is 8.02. The number of imidazole rings is 1. The molecule has 24 heavy (non-hydrogen) atoms. The number of benzene rings is 1. The lowest BCUT2D eigenvalue weighted by Gasteiger charge is -2.15. The van der Waals surface area contributed by atoms with Gasteiger partial charge in [0, 0.05) is 24.0 Å². The summed E-state index contributed by atoms with van der Waals surface area (Å²) in [6, 6.07) is 10.1. The van der Waals surface area contributed by atoms with Crippen LogP contribution in [0.1, 0.15) is 27.3 Å². The minimum Gasteiger partial charge on any atom is -0.341 e. The Hall–Kier alpha value is -2.95. The molecule has 0 spiro atoms. The number of fused-ring (bicyclic) bond motifs is 1.